The summed E-state index contributed by atoms with van der Waals surface area (Å²) >= 11 is 0. The monoisotopic (exact) mass is 202 g/mol. The third-order valence-corrected chi connectivity index (χ3v) is 2.96. The predicted molar refractivity (Wildman–Crippen MR) is 65.0 cm³/mol. The smallest absolute Gasteiger partial charge is 0.0486 e. The first kappa shape index (κ1) is 10.2. The van der Waals surface area contributed by atoms with Crippen LogP contribution in [0.25, 0.3) is 10.9 Å². The van der Waals surface area contributed by atoms with E-state index in [9.17, 15) is 0 Å². The molecule has 1 atom stereocenters. The molecule has 0 saturated heterocycles. The van der Waals surface area contributed by atoms with Gasteiger partial charge >= 0.3 is 0 Å². The number of hydrogen-bond donors (Lipinski definition) is 1. The Kier molecular flexibility index (Phi) is 2.53. The predicted octanol–water partition coefficient (Wildman–Crippen LogP) is 2.99. The lowest BCUT2D eigenvalue weighted by atomic mass is 10.0. The minimum Gasteiger partial charge on any atom is -0.347 e. The quantitative estimate of drug-likeness (QED) is 0.797. The van der Waals surface area contributed by atoms with Crippen LogP contribution in [-0.4, -0.2) is 4.57 Å². The van der Waals surface area contributed by atoms with Crippen LogP contribution in [-0.2, 0) is 6.54 Å². The first-order valence-electron chi connectivity index (χ1n) is 5.49. The second-order valence-electron chi connectivity index (χ2n) is 4.13. The SMILES string of the molecule is CCn1cc(C)c2c(C(C)N)cccc21. The van der Waals surface area contributed by atoms with Crippen molar-refractivity contribution in [1.29, 1.82) is 0 Å². The maximum absolute atomic E-state index is 5.99. The van der Waals surface area contributed by atoms with Gasteiger partial charge < -0.3 is 10.3 Å². The molecule has 0 aliphatic carbocycles. The molecule has 0 fully saturated rings. The van der Waals surface area contributed by atoms with Gasteiger partial charge in [0.05, 0.1) is 0 Å². The molecule has 1 heterocycles. The summed E-state index contributed by atoms with van der Waals surface area (Å²) in [6.07, 6.45) is 2.20. The summed E-state index contributed by atoms with van der Waals surface area (Å²) in [5, 5.41) is 1.33. The van der Waals surface area contributed by atoms with Gasteiger partial charge in [0.25, 0.3) is 0 Å². The van der Waals surface area contributed by atoms with Gasteiger partial charge in [-0.1, -0.05) is 12.1 Å². The van der Waals surface area contributed by atoms with Crippen molar-refractivity contribution in [2.75, 3.05) is 0 Å². The molecule has 2 rings (SSSR count). The second kappa shape index (κ2) is 3.70. The standard InChI is InChI=1S/C13H18N2/c1-4-15-8-9(2)13-11(10(3)14)6-5-7-12(13)15/h5-8,10H,4,14H2,1-3H3. The van der Waals surface area contributed by atoms with Crippen LogP contribution in [0.4, 0.5) is 0 Å². The highest BCUT2D eigenvalue weighted by atomic mass is 14.9. The van der Waals surface area contributed by atoms with Gasteiger partial charge in [-0.05, 0) is 38.0 Å². The largest absolute Gasteiger partial charge is 0.347 e. The highest BCUT2D eigenvalue weighted by molar-refractivity contribution is 5.87. The van der Waals surface area contributed by atoms with Gasteiger partial charge in [0, 0.05) is 29.7 Å². The third kappa shape index (κ3) is 1.55. The average molecular weight is 202 g/mol. The van der Waals surface area contributed by atoms with Crippen molar-refractivity contribution < 1.29 is 0 Å². The molecule has 1 aromatic carbocycles. The van der Waals surface area contributed by atoms with E-state index in [2.05, 4.69) is 42.8 Å². The van der Waals surface area contributed by atoms with Crippen LogP contribution >= 0.6 is 0 Å². The third-order valence-electron chi connectivity index (χ3n) is 2.96. The maximum atomic E-state index is 5.99. The molecule has 0 radical (unpaired) electrons. The first-order valence-corrected chi connectivity index (χ1v) is 5.49. The van der Waals surface area contributed by atoms with E-state index in [0.717, 1.165) is 6.54 Å². The summed E-state index contributed by atoms with van der Waals surface area (Å²) in [5.74, 6) is 0. The molecular formula is C13H18N2. The molecule has 80 valence electrons. The van der Waals surface area contributed by atoms with E-state index in [-0.39, 0.29) is 6.04 Å². The van der Waals surface area contributed by atoms with Gasteiger partial charge in [-0.15, -0.1) is 0 Å². The fraction of sp³-hybridized carbons (Fsp3) is 0.385. The van der Waals surface area contributed by atoms with Crippen LogP contribution in [0.15, 0.2) is 24.4 Å². The molecule has 0 bridgehead atoms. The summed E-state index contributed by atoms with van der Waals surface area (Å²) in [5.41, 5.74) is 9.85. The summed E-state index contributed by atoms with van der Waals surface area (Å²) in [6.45, 7) is 7.36. The van der Waals surface area contributed by atoms with Gasteiger partial charge in [-0.2, -0.15) is 0 Å². The fourth-order valence-electron chi connectivity index (χ4n) is 2.24. The Bertz CT molecular complexity index is 480. The first-order chi connectivity index (χ1) is 7.15. The highest BCUT2D eigenvalue weighted by Gasteiger charge is 2.10. The van der Waals surface area contributed by atoms with Crippen LogP contribution in [0.3, 0.4) is 0 Å². The van der Waals surface area contributed by atoms with E-state index in [0.29, 0.717) is 0 Å². The number of hydrogen-bond acceptors (Lipinski definition) is 1. The summed E-state index contributed by atoms with van der Waals surface area (Å²) in [6, 6.07) is 6.48. The molecule has 15 heavy (non-hydrogen) atoms. The zero-order valence-electron chi connectivity index (χ0n) is 9.62. The number of nitrogens with zero attached hydrogens (tertiary/aromatic N) is 1. The van der Waals surface area contributed by atoms with Crippen LogP contribution in [0, 0.1) is 6.92 Å². The molecule has 2 N–H and O–H groups in total. The van der Waals surface area contributed by atoms with E-state index in [1.807, 2.05) is 6.92 Å². The topological polar surface area (TPSA) is 30.9 Å². The number of rotatable bonds is 2. The van der Waals surface area contributed by atoms with Crippen LogP contribution < -0.4 is 5.73 Å². The van der Waals surface area contributed by atoms with E-state index in [1.165, 1.54) is 22.0 Å². The Hall–Kier alpha value is -1.28. The number of benzene rings is 1. The van der Waals surface area contributed by atoms with Crippen LogP contribution in [0.2, 0.25) is 0 Å². The Morgan fingerprint density at radius 2 is 2.13 bits per heavy atom. The molecule has 1 unspecified atom stereocenters. The van der Waals surface area contributed by atoms with E-state index in [4.69, 9.17) is 5.73 Å². The number of aromatic nitrogens is 1. The summed E-state index contributed by atoms with van der Waals surface area (Å²) in [7, 11) is 0. The van der Waals surface area contributed by atoms with Gasteiger partial charge in [0.15, 0.2) is 0 Å². The molecule has 0 aliphatic rings. The van der Waals surface area contributed by atoms with E-state index >= 15 is 0 Å². The Morgan fingerprint density at radius 3 is 2.73 bits per heavy atom. The normalized spacial score (nSPS) is 13.3. The summed E-state index contributed by atoms with van der Waals surface area (Å²) < 4.78 is 2.27. The van der Waals surface area contributed by atoms with Crippen molar-refractivity contribution in [3.8, 4) is 0 Å². The van der Waals surface area contributed by atoms with Crippen molar-refractivity contribution in [3.05, 3.63) is 35.5 Å². The van der Waals surface area contributed by atoms with Crippen LogP contribution in [0.5, 0.6) is 0 Å². The molecule has 0 amide bonds. The Morgan fingerprint density at radius 1 is 1.40 bits per heavy atom. The van der Waals surface area contributed by atoms with Gasteiger partial charge in [-0.25, -0.2) is 0 Å². The molecular weight excluding hydrogens is 184 g/mol. The Balaban J connectivity index is 2.80. The number of fused-ring (bicyclic) bond motifs is 1. The number of aryl methyl sites for hydroxylation is 2. The summed E-state index contributed by atoms with van der Waals surface area (Å²) in [4.78, 5) is 0. The second-order valence-corrected chi connectivity index (χ2v) is 4.13. The Labute approximate surface area is 90.7 Å². The van der Waals surface area contributed by atoms with Gasteiger partial charge in [0.2, 0.25) is 0 Å². The van der Waals surface area contributed by atoms with Crippen molar-refractivity contribution in [2.24, 2.45) is 5.73 Å². The molecule has 0 saturated carbocycles. The van der Waals surface area contributed by atoms with Crippen molar-refractivity contribution >= 4 is 10.9 Å². The lowest BCUT2D eigenvalue weighted by Gasteiger charge is -2.09. The lowest BCUT2D eigenvalue weighted by molar-refractivity contribution is 0.794. The van der Waals surface area contributed by atoms with Gasteiger partial charge in [0.1, 0.15) is 0 Å². The lowest BCUT2D eigenvalue weighted by Crippen LogP contribution is -2.05. The molecule has 2 heteroatoms. The number of nitrogens with two attached hydrogens (primary N) is 1. The molecule has 2 aromatic rings. The average Bonchev–Trinajstić information content (AvgIpc) is 2.55. The van der Waals surface area contributed by atoms with Crippen molar-refractivity contribution in [3.63, 3.8) is 0 Å². The molecule has 2 nitrogen and oxygen atoms in total. The minimum absolute atomic E-state index is 0.0973. The molecule has 0 spiro atoms. The van der Waals surface area contributed by atoms with E-state index < -0.39 is 0 Å². The highest BCUT2D eigenvalue weighted by Crippen LogP contribution is 2.27. The zero-order chi connectivity index (χ0) is 11.0. The van der Waals surface area contributed by atoms with Crippen molar-refractivity contribution in [2.45, 2.75) is 33.4 Å². The molecule has 0 aliphatic heterocycles. The maximum Gasteiger partial charge on any atom is 0.0486 e. The van der Waals surface area contributed by atoms with E-state index in [1.54, 1.807) is 0 Å². The minimum atomic E-state index is 0.0973. The van der Waals surface area contributed by atoms with Crippen LogP contribution in [0.1, 0.15) is 31.0 Å². The van der Waals surface area contributed by atoms with Crippen molar-refractivity contribution in [1.82, 2.24) is 4.57 Å². The molecule has 1 aromatic heterocycles. The zero-order valence-corrected chi connectivity index (χ0v) is 9.62. The van der Waals surface area contributed by atoms with Gasteiger partial charge in [-0.3, -0.25) is 0 Å². The fourth-order valence-corrected chi connectivity index (χ4v) is 2.24.